The number of thiophene rings is 1. The highest BCUT2D eigenvalue weighted by molar-refractivity contribution is 7.10. The molecule has 4 nitrogen and oxygen atoms in total. The molecule has 2 unspecified atom stereocenters. The van der Waals surface area contributed by atoms with Gasteiger partial charge in [-0.25, -0.2) is 0 Å². The van der Waals surface area contributed by atoms with Gasteiger partial charge in [0.25, 0.3) is 0 Å². The molecule has 1 aromatic heterocycles. The molecule has 0 aromatic carbocycles. The maximum atomic E-state index is 12.6. The van der Waals surface area contributed by atoms with Gasteiger partial charge in [0.05, 0.1) is 6.04 Å². The summed E-state index contributed by atoms with van der Waals surface area (Å²) in [6.45, 7) is 2.80. The van der Waals surface area contributed by atoms with E-state index < -0.39 is 0 Å². The average Bonchev–Trinajstić information content (AvgIpc) is 3.16. The third-order valence-electron chi connectivity index (χ3n) is 5.13. The number of carbonyl (C=O) groups is 1. The number of carbonyl (C=O) groups excluding carboxylic acids is 1. The highest BCUT2D eigenvalue weighted by Crippen LogP contribution is 2.38. The van der Waals surface area contributed by atoms with E-state index in [0.717, 1.165) is 6.54 Å². The van der Waals surface area contributed by atoms with Crippen molar-refractivity contribution in [1.82, 2.24) is 15.1 Å². The second kappa shape index (κ2) is 5.71. The Kier molecular flexibility index (Phi) is 4.08. The molecule has 1 aliphatic heterocycles. The van der Waals surface area contributed by atoms with E-state index in [1.807, 2.05) is 6.92 Å². The number of likely N-dealkylation sites (N-methyl/N-ethyl adjacent to an activating group) is 1. The van der Waals surface area contributed by atoms with Crippen LogP contribution in [-0.2, 0) is 4.79 Å². The predicted molar refractivity (Wildman–Crippen MR) is 86.3 cm³/mol. The Hall–Kier alpha value is -0.910. The van der Waals surface area contributed by atoms with Crippen LogP contribution in [0.25, 0.3) is 0 Å². The fourth-order valence-electron chi connectivity index (χ4n) is 3.72. The summed E-state index contributed by atoms with van der Waals surface area (Å²) in [4.78, 5) is 18.3. The van der Waals surface area contributed by atoms with E-state index in [1.54, 1.807) is 11.3 Å². The molecule has 1 aliphatic carbocycles. The molecule has 1 saturated heterocycles. The maximum Gasteiger partial charge on any atom is 0.241 e. The van der Waals surface area contributed by atoms with Crippen molar-refractivity contribution in [3.8, 4) is 0 Å². The highest BCUT2D eigenvalue weighted by atomic mass is 32.1. The Balaban J connectivity index is 1.85. The fourth-order valence-corrected chi connectivity index (χ4v) is 4.52. The van der Waals surface area contributed by atoms with E-state index in [1.165, 1.54) is 30.6 Å². The number of nitrogens with zero attached hydrogens (tertiary/aromatic N) is 2. The Morgan fingerprint density at radius 1 is 1.43 bits per heavy atom. The van der Waals surface area contributed by atoms with Crippen molar-refractivity contribution in [3.63, 3.8) is 0 Å². The van der Waals surface area contributed by atoms with Crippen LogP contribution < -0.4 is 5.32 Å². The van der Waals surface area contributed by atoms with Crippen LogP contribution in [-0.4, -0.2) is 47.9 Å². The summed E-state index contributed by atoms with van der Waals surface area (Å²) in [5.41, 5.74) is 0.150. The number of nitrogens with one attached hydrogen (secondary N) is 1. The minimum atomic E-state index is -0.0854. The molecule has 1 N–H and O–H groups in total. The minimum Gasteiger partial charge on any atom is -0.319 e. The van der Waals surface area contributed by atoms with Gasteiger partial charge in [-0.15, -0.1) is 11.3 Å². The van der Waals surface area contributed by atoms with E-state index in [9.17, 15) is 4.79 Å². The van der Waals surface area contributed by atoms with Crippen LogP contribution in [0.1, 0.15) is 43.6 Å². The van der Waals surface area contributed by atoms with Crippen molar-refractivity contribution in [2.75, 3.05) is 20.6 Å². The summed E-state index contributed by atoms with van der Waals surface area (Å²) in [6, 6.07) is 4.10. The topological polar surface area (TPSA) is 35.6 Å². The Bertz CT molecular complexity index is 494. The standard InChI is InChI=1S/C16H25N3OS/c1-12-15(20)19(14(17-12)13-7-6-10-21-13)11-16(18(2)3)8-4-5-9-16/h6-7,10,12,14,17H,4-5,8-9,11H2,1-3H3. The second-order valence-electron chi connectivity index (χ2n) is 6.60. The number of rotatable bonds is 4. The van der Waals surface area contributed by atoms with Crippen LogP contribution in [0, 0.1) is 0 Å². The van der Waals surface area contributed by atoms with Gasteiger partial charge in [0.15, 0.2) is 0 Å². The molecule has 2 aliphatic rings. The van der Waals surface area contributed by atoms with Crippen molar-refractivity contribution in [2.45, 2.75) is 50.4 Å². The largest absolute Gasteiger partial charge is 0.319 e. The molecule has 0 bridgehead atoms. The molecule has 1 saturated carbocycles. The summed E-state index contributed by atoms with van der Waals surface area (Å²) < 4.78 is 0. The summed E-state index contributed by atoms with van der Waals surface area (Å²) in [6.07, 6.45) is 4.97. The molecule has 2 heterocycles. The molecule has 2 atom stereocenters. The Morgan fingerprint density at radius 2 is 2.14 bits per heavy atom. The van der Waals surface area contributed by atoms with E-state index >= 15 is 0 Å². The first-order valence-corrected chi connectivity index (χ1v) is 8.69. The normalized spacial score (nSPS) is 28.8. The van der Waals surface area contributed by atoms with Crippen molar-refractivity contribution in [2.24, 2.45) is 0 Å². The molecule has 116 valence electrons. The predicted octanol–water partition coefficient (Wildman–Crippen LogP) is 2.44. The molecule has 0 radical (unpaired) electrons. The molecule has 3 rings (SSSR count). The number of amides is 1. The molecular formula is C16H25N3OS. The van der Waals surface area contributed by atoms with E-state index in [2.05, 4.69) is 46.7 Å². The Morgan fingerprint density at radius 3 is 2.71 bits per heavy atom. The lowest BCUT2D eigenvalue weighted by atomic mass is 9.95. The molecule has 2 fully saturated rings. The number of hydrogen-bond acceptors (Lipinski definition) is 4. The van der Waals surface area contributed by atoms with Gasteiger partial charge in [-0.3, -0.25) is 10.1 Å². The third kappa shape index (κ3) is 2.62. The van der Waals surface area contributed by atoms with Crippen molar-refractivity contribution >= 4 is 17.2 Å². The zero-order valence-electron chi connectivity index (χ0n) is 13.1. The van der Waals surface area contributed by atoms with Gasteiger partial charge < -0.3 is 9.80 Å². The van der Waals surface area contributed by atoms with Crippen molar-refractivity contribution in [1.29, 1.82) is 0 Å². The molecule has 1 amide bonds. The second-order valence-corrected chi connectivity index (χ2v) is 7.58. The zero-order chi connectivity index (χ0) is 15.0. The Labute approximate surface area is 131 Å². The van der Waals surface area contributed by atoms with E-state index in [0.29, 0.717) is 0 Å². The van der Waals surface area contributed by atoms with Gasteiger partial charge in [0, 0.05) is 17.0 Å². The van der Waals surface area contributed by atoms with Crippen LogP contribution >= 0.6 is 11.3 Å². The van der Waals surface area contributed by atoms with Gasteiger partial charge in [-0.05, 0) is 45.3 Å². The van der Waals surface area contributed by atoms with Gasteiger partial charge in [-0.1, -0.05) is 18.9 Å². The summed E-state index contributed by atoms with van der Waals surface area (Å²) >= 11 is 1.72. The van der Waals surface area contributed by atoms with Crippen LogP contribution in [0.3, 0.4) is 0 Å². The molecule has 21 heavy (non-hydrogen) atoms. The lowest BCUT2D eigenvalue weighted by molar-refractivity contribution is -0.131. The van der Waals surface area contributed by atoms with Crippen LogP contribution in [0.2, 0.25) is 0 Å². The molecular weight excluding hydrogens is 282 g/mol. The van der Waals surface area contributed by atoms with Crippen molar-refractivity contribution < 1.29 is 4.79 Å². The van der Waals surface area contributed by atoms with Crippen LogP contribution in [0.5, 0.6) is 0 Å². The fraction of sp³-hybridized carbons (Fsp3) is 0.688. The minimum absolute atomic E-state index is 0.0462. The lowest BCUT2D eigenvalue weighted by Crippen LogP contribution is -2.52. The van der Waals surface area contributed by atoms with Gasteiger partial charge in [0.2, 0.25) is 5.91 Å². The van der Waals surface area contributed by atoms with E-state index in [-0.39, 0.29) is 23.7 Å². The zero-order valence-corrected chi connectivity index (χ0v) is 13.9. The SMILES string of the molecule is CC1NC(c2cccs2)N(CC2(N(C)C)CCCC2)C1=O. The first-order valence-electron chi connectivity index (χ1n) is 7.81. The van der Waals surface area contributed by atoms with Gasteiger partial charge >= 0.3 is 0 Å². The third-order valence-corrected chi connectivity index (χ3v) is 6.06. The summed E-state index contributed by atoms with van der Waals surface area (Å²) in [5, 5.41) is 5.54. The van der Waals surface area contributed by atoms with Gasteiger partial charge in [-0.2, -0.15) is 0 Å². The van der Waals surface area contributed by atoms with Crippen LogP contribution in [0.4, 0.5) is 0 Å². The smallest absolute Gasteiger partial charge is 0.241 e. The van der Waals surface area contributed by atoms with E-state index in [4.69, 9.17) is 0 Å². The number of hydrogen-bond donors (Lipinski definition) is 1. The molecule has 5 heteroatoms. The summed E-state index contributed by atoms with van der Waals surface area (Å²) in [7, 11) is 4.31. The lowest BCUT2D eigenvalue weighted by Gasteiger charge is -2.40. The van der Waals surface area contributed by atoms with Crippen molar-refractivity contribution in [3.05, 3.63) is 22.4 Å². The molecule has 1 aromatic rings. The average molecular weight is 307 g/mol. The van der Waals surface area contributed by atoms with Gasteiger partial charge in [0.1, 0.15) is 6.17 Å². The monoisotopic (exact) mass is 307 g/mol. The van der Waals surface area contributed by atoms with Crippen LogP contribution in [0.15, 0.2) is 17.5 Å². The molecule has 0 spiro atoms. The maximum absolute atomic E-state index is 12.6. The quantitative estimate of drug-likeness (QED) is 0.928. The first-order chi connectivity index (χ1) is 10.0. The highest BCUT2D eigenvalue weighted by Gasteiger charge is 2.45. The summed E-state index contributed by atoms with van der Waals surface area (Å²) in [5.74, 6) is 0.238. The first kappa shape index (κ1) is 15.0.